The summed E-state index contributed by atoms with van der Waals surface area (Å²) in [5, 5.41) is 6.10. The van der Waals surface area contributed by atoms with E-state index in [1.54, 1.807) is 0 Å². The van der Waals surface area contributed by atoms with E-state index in [2.05, 4.69) is 41.5 Å². The van der Waals surface area contributed by atoms with Gasteiger partial charge in [0, 0.05) is 30.4 Å². The van der Waals surface area contributed by atoms with Gasteiger partial charge in [0.15, 0.2) is 0 Å². The van der Waals surface area contributed by atoms with Crippen LogP contribution < -0.4 is 5.32 Å². The Bertz CT molecular complexity index is 558. The molecule has 1 aromatic carbocycles. The first-order valence-electron chi connectivity index (χ1n) is 7.56. The highest BCUT2D eigenvalue weighted by Gasteiger charge is 2.22. The average Bonchev–Trinajstić information content (AvgIpc) is 2.99. The predicted molar refractivity (Wildman–Crippen MR) is 81.8 cm³/mol. The predicted octanol–water partition coefficient (Wildman–Crippen LogP) is 3.45. The molecule has 1 saturated heterocycles. The number of rotatable bonds is 5. The Labute approximate surface area is 120 Å². The Morgan fingerprint density at radius 3 is 3.05 bits per heavy atom. The Morgan fingerprint density at radius 2 is 2.25 bits per heavy atom. The highest BCUT2D eigenvalue weighted by Crippen LogP contribution is 2.29. The number of hydrogen-bond acceptors (Lipinski definition) is 3. The van der Waals surface area contributed by atoms with Crippen molar-refractivity contribution in [2.24, 2.45) is 0 Å². The van der Waals surface area contributed by atoms with Crippen molar-refractivity contribution in [1.82, 2.24) is 10.3 Å². The van der Waals surface area contributed by atoms with E-state index in [9.17, 15) is 0 Å². The summed E-state index contributed by atoms with van der Waals surface area (Å²) in [7, 11) is 0. The monoisotopic (exact) mass is 270 g/mol. The van der Waals surface area contributed by atoms with Gasteiger partial charge in [-0.3, -0.25) is 4.98 Å². The zero-order valence-electron chi connectivity index (χ0n) is 12.0. The lowest BCUT2D eigenvalue weighted by Crippen LogP contribution is -2.25. The number of hydrogen-bond donors (Lipinski definition) is 1. The maximum absolute atomic E-state index is 5.80. The topological polar surface area (TPSA) is 34.1 Å². The summed E-state index contributed by atoms with van der Waals surface area (Å²) in [5.74, 6) is 0. The molecule has 106 valence electrons. The molecule has 1 fully saturated rings. The Hall–Kier alpha value is -1.45. The average molecular weight is 270 g/mol. The van der Waals surface area contributed by atoms with E-state index < -0.39 is 0 Å². The molecule has 20 heavy (non-hydrogen) atoms. The number of fused-ring (bicyclic) bond motifs is 1. The largest absolute Gasteiger partial charge is 0.378 e. The summed E-state index contributed by atoms with van der Waals surface area (Å²) < 4.78 is 5.80. The van der Waals surface area contributed by atoms with E-state index in [-0.39, 0.29) is 0 Å². The van der Waals surface area contributed by atoms with Crippen LogP contribution >= 0.6 is 0 Å². The molecule has 1 aliphatic rings. The number of nitrogens with zero attached hydrogens (tertiary/aromatic N) is 1. The van der Waals surface area contributed by atoms with Crippen molar-refractivity contribution < 1.29 is 4.74 Å². The van der Waals surface area contributed by atoms with E-state index in [0.29, 0.717) is 12.1 Å². The number of ether oxygens (including phenoxy) is 1. The van der Waals surface area contributed by atoms with E-state index in [1.807, 2.05) is 12.4 Å². The molecular formula is C17H22N2O. The van der Waals surface area contributed by atoms with E-state index in [4.69, 9.17) is 4.74 Å². The summed E-state index contributed by atoms with van der Waals surface area (Å²) in [4.78, 5) is 4.41. The second-order valence-electron chi connectivity index (χ2n) is 5.43. The lowest BCUT2D eigenvalue weighted by atomic mass is 9.96. The van der Waals surface area contributed by atoms with E-state index >= 15 is 0 Å². The number of aromatic nitrogens is 1. The third-order valence-corrected chi connectivity index (χ3v) is 4.05. The van der Waals surface area contributed by atoms with Gasteiger partial charge in [-0.1, -0.05) is 31.2 Å². The van der Waals surface area contributed by atoms with Crippen LogP contribution in [0.15, 0.2) is 36.7 Å². The van der Waals surface area contributed by atoms with Crippen LogP contribution in [-0.4, -0.2) is 24.2 Å². The van der Waals surface area contributed by atoms with E-state index in [1.165, 1.54) is 29.2 Å². The molecule has 3 heteroatoms. The first-order valence-corrected chi connectivity index (χ1v) is 7.56. The van der Waals surface area contributed by atoms with Gasteiger partial charge in [0.05, 0.1) is 6.10 Å². The number of pyridine rings is 1. The quantitative estimate of drug-likeness (QED) is 0.903. The normalized spacial score (nSPS) is 20.4. The molecule has 2 unspecified atom stereocenters. The molecule has 0 amide bonds. The molecule has 3 nitrogen and oxygen atoms in total. The number of benzene rings is 1. The van der Waals surface area contributed by atoms with Gasteiger partial charge in [0.1, 0.15) is 0 Å². The molecule has 1 aliphatic heterocycles. The first-order chi connectivity index (χ1) is 9.88. The summed E-state index contributed by atoms with van der Waals surface area (Å²) in [5.41, 5.74) is 1.29. The van der Waals surface area contributed by atoms with Crippen LogP contribution in [0.2, 0.25) is 0 Å². The van der Waals surface area contributed by atoms with Crippen molar-refractivity contribution in [2.75, 3.05) is 13.2 Å². The van der Waals surface area contributed by atoms with Crippen molar-refractivity contribution >= 4 is 10.8 Å². The van der Waals surface area contributed by atoms with Crippen LogP contribution in [0.25, 0.3) is 10.8 Å². The van der Waals surface area contributed by atoms with Crippen LogP contribution in [0, 0.1) is 0 Å². The molecule has 1 aromatic heterocycles. The summed E-state index contributed by atoms with van der Waals surface area (Å²) in [6.07, 6.45) is 7.73. The van der Waals surface area contributed by atoms with Crippen LogP contribution in [0.1, 0.15) is 37.8 Å². The summed E-state index contributed by atoms with van der Waals surface area (Å²) >= 11 is 0. The fourth-order valence-corrected chi connectivity index (χ4v) is 3.08. The Balaban J connectivity index is 1.91. The maximum Gasteiger partial charge on any atom is 0.0594 e. The first kappa shape index (κ1) is 13.5. The lowest BCUT2D eigenvalue weighted by Gasteiger charge is -2.22. The van der Waals surface area contributed by atoms with Crippen molar-refractivity contribution in [2.45, 2.75) is 38.3 Å². The standard InChI is InChI=1S/C17H22N2O/c1-2-19-17(10-14-7-5-9-20-14)16-12-18-11-13-6-3-4-8-15(13)16/h3-4,6,8,11-12,14,17,19H,2,5,7,9-10H2,1H3. The van der Waals surface area contributed by atoms with Crippen LogP contribution in [0.3, 0.4) is 0 Å². The summed E-state index contributed by atoms with van der Waals surface area (Å²) in [6, 6.07) is 8.80. The molecule has 2 heterocycles. The Morgan fingerprint density at radius 1 is 1.35 bits per heavy atom. The second-order valence-corrected chi connectivity index (χ2v) is 5.43. The molecule has 2 aromatic rings. The van der Waals surface area contributed by atoms with Crippen molar-refractivity contribution in [3.05, 3.63) is 42.2 Å². The molecule has 1 N–H and O–H groups in total. The molecule has 0 spiro atoms. The minimum atomic E-state index is 0.321. The van der Waals surface area contributed by atoms with Gasteiger partial charge < -0.3 is 10.1 Å². The highest BCUT2D eigenvalue weighted by molar-refractivity contribution is 5.85. The maximum atomic E-state index is 5.80. The molecule has 0 saturated carbocycles. The Kier molecular flexibility index (Phi) is 4.28. The molecule has 3 rings (SSSR count). The van der Waals surface area contributed by atoms with Crippen LogP contribution in [-0.2, 0) is 4.74 Å². The minimum Gasteiger partial charge on any atom is -0.378 e. The fourth-order valence-electron chi connectivity index (χ4n) is 3.08. The third-order valence-electron chi connectivity index (χ3n) is 4.05. The molecule has 0 radical (unpaired) electrons. The van der Waals surface area contributed by atoms with Gasteiger partial charge >= 0.3 is 0 Å². The van der Waals surface area contributed by atoms with Gasteiger partial charge in [-0.15, -0.1) is 0 Å². The van der Waals surface area contributed by atoms with Crippen LogP contribution in [0.4, 0.5) is 0 Å². The molecule has 2 atom stereocenters. The van der Waals surface area contributed by atoms with Gasteiger partial charge in [0.2, 0.25) is 0 Å². The molecular weight excluding hydrogens is 248 g/mol. The minimum absolute atomic E-state index is 0.321. The van der Waals surface area contributed by atoms with Crippen molar-refractivity contribution in [1.29, 1.82) is 0 Å². The van der Waals surface area contributed by atoms with Crippen molar-refractivity contribution in [3.8, 4) is 0 Å². The fraction of sp³-hybridized carbons (Fsp3) is 0.471. The zero-order chi connectivity index (χ0) is 13.8. The zero-order valence-corrected chi connectivity index (χ0v) is 12.0. The number of nitrogens with one attached hydrogen (secondary N) is 1. The lowest BCUT2D eigenvalue weighted by molar-refractivity contribution is 0.0949. The third kappa shape index (κ3) is 2.84. The van der Waals surface area contributed by atoms with Gasteiger partial charge in [0.25, 0.3) is 0 Å². The van der Waals surface area contributed by atoms with Gasteiger partial charge in [-0.05, 0) is 36.8 Å². The second kappa shape index (κ2) is 6.33. The van der Waals surface area contributed by atoms with E-state index in [0.717, 1.165) is 19.6 Å². The summed E-state index contributed by atoms with van der Waals surface area (Å²) in [6.45, 7) is 4.03. The van der Waals surface area contributed by atoms with Crippen molar-refractivity contribution in [3.63, 3.8) is 0 Å². The molecule has 0 bridgehead atoms. The highest BCUT2D eigenvalue weighted by atomic mass is 16.5. The van der Waals surface area contributed by atoms with Gasteiger partial charge in [-0.25, -0.2) is 0 Å². The SMILES string of the molecule is CCNC(CC1CCCO1)c1cncc2ccccc12. The van der Waals surface area contributed by atoms with Crippen LogP contribution in [0.5, 0.6) is 0 Å². The van der Waals surface area contributed by atoms with Gasteiger partial charge in [-0.2, -0.15) is 0 Å². The smallest absolute Gasteiger partial charge is 0.0594 e. The molecule has 0 aliphatic carbocycles.